The van der Waals surface area contributed by atoms with Crippen LogP contribution in [0.5, 0.6) is 0 Å². The molecule has 0 radical (unpaired) electrons. The maximum atomic E-state index is 3.80. The highest BCUT2D eigenvalue weighted by Gasteiger charge is 1.96. The van der Waals surface area contributed by atoms with E-state index in [1.54, 1.807) is 0 Å². The molecule has 0 bridgehead atoms. The van der Waals surface area contributed by atoms with E-state index in [2.05, 4.69) is 37.8 Å². The highest BCUT2D eigenvalue weighted by Crippen LogP contribution is 2.14. The Morgan fingerprint density at radius 3 is 1.52 bits per heavy atom. The molecule has 0 nitrogen and oxygen atoms in total. The van der Waals surface area contributed by atoms with Gasteiger partial charge in [0.1, 0.15) is 0 Å². The fourth-order valence-corrected chi connectivity index (χ4v) is 3.17. The summed E-state index contributed by atoms with van der Waals surface area (Å²) in [5.74, 6) is 0. The third-order valence-corrected chi connectivity index (χ3v) is 4.78. The molecule has 0 saturated heterocycles. The minimum atomic E-state index is 1.22. The lowest BCUT2D eigenvalue weighted by molar-refractivity contribution is 0.539. The van der Waals surface area contributed by atoms with E-state index in [9.17, 15) is 0 Å². The minimum Gasteiger partial charge on any atom is -0.0985 e. The Morgan fingerprint density at radius 1 is 0.652 bits per heavy atom. The largest absolute Gasteiger partial charge is 0.0985 e. The monoisotopic (exact) mass is 314 g/mol. The van der Waals surface area contributed by atoms with Gasteiger partial charge in [-0.25, -0.2) is 0 Å². The van der Waals surface area contributed by atoms with Gasteiger partial charge in [-0.15, -0.1) is 0 Å². The summed E-state index contributed by atoms with van der Waals surface area (Å²) in [4.78, 5) is 0. The molecule has 0 aliphatic carbocycles. The van der Waals surface area contributed by atoms with E-state index in [1.165, 1.54) is 101 Å². The fraction of sp³-hybridized carbons (Fsp3) is 0.652. The van der Waals surface area contributed by atoms with E-state index < -0.39 is 0 Å². The lowest BCUT2D eigenvalue weighted by atomic mass is 10.0. The van der Waals surface area contributed by atoms with Crippen LogP contribution >= 0.6 is 0 Å². The van der Waals surface area contributed by atoms with Gasteiger partial charge in [0.15, 0.2) is 0 Å². The molecule has 0 fully saturated rings. The third-order valence-electron chi connectivity index (χ3n) is 4.78. The first-order valence-corrected chi connectivity index (χ1v) is 10.1. The normalized spacial score (nSPS) is 10.8. The Bertz CT molecular complexity index is 374. The van der Waals surface area contributed by atoms with E-state index in [0.717, 1.165) is 0 Å². The van der Waals surface area contributed by atoms with Gasteiger partial charge in [-0.2, -0.15) is 0 Å². The molecule has 0 amide bonds. The van der Waals surface area contributed by atoms with E-state index >= 15 is 0 Å². The van der Waals surface area contributed by atoms with Crippen molar-refractivity contribution in [2.24, 2.45) is 0 Å². The molecular weight excluding hydrogens is 276 g/mol. The Morgan fingerprint density at radius 2 is 1.09 bits per heavy atom. The summed E-state index contributed by atoms with van der Waals surface area (Å²) in [5.41, 5.74) is 2.69. The van der Waals surface area contributed by atoms with Crippen LogP contribution in [-0.2, 0) is 6.42 Å². The Labute approximate surface area is 145 Å². The number of aryl methyl sites for hydroxylation is 1. The Hall–Kier alpha value is -1.04. The van der Waals surface area contributed by atoms with Crippen molar-refractivity contribution in [2.75, 3.05) is 0 Å². The van der Waals surface area contributed by atoms with Crippen LogP contribution in [0.15, 0.2) is 30.8 Å². The average Bonchev–Trinajstić information content (AvgIpc) is 2.59. The first kappa shape index (κ1) is 20.0. The number of rotatable bonds is 15. The molecular formula is C23H38. The summed E-state index contributed by atoms with van der Waals surface area (Å²) < 4.78 is 0. The molecule has 0 heterocycles. The predicted octanol–water partition coefficient (Wildman–Crippen LogP) is 7.96. The maximum absolute atomic E-state index is 3.80. The highest BCUT2D eigenvalue weighted by molar-refractivity contribution is 5.47. The molecule has 0 atom stereocenters. The van der Waals surface area contributed by atoms with Crippen LogP contribution in [-0.4, -0.2) is 0 Å². The SMILES string of the molecule is C=Cc1ccc(CCCCCCCCCCCCCCC)cc1. The van der Waals surface area contributed by atoms with Crippen LogP contribution in [0.1, 0.15) is 102 Å². The quantitative estimate of drug-likeness (QED) is 0.288. The van der Waals surface area contributed by atoms with Crippen molar-refractivity contribution >= 4 is 6.08 Å². The van der Waals surface area contributed by atoms with Gasteiger partial charge in [0.05, 0.1) is 0 Å². The zero-order valence-corrected chi connectivity index (χ0v) is 15.5. The number of hydrogen-bond acceptors (Lipinski definition) is 0. The topological polar surface area (TPSA) is 0 Å². The molecule has 0 aromatic heterocycles. The standard InChI is InChI=1S/C23H38/c1-3-5-6-7-8-9-10-11-12-13-14-15-16-17-23-20-18-22(4-2)19-21-23/h4,18-21H,2-3,5-17H2,1H3. The Kier molecular flexibility index (Phi) is 12.7. The van der Waals surface area contributed by atoms with Crippen molar-refractivity contribution in [1.29, 1.82) is 0 Å². The maximum Gasteiger partial charge on any atom is -0.0262 e. The van der Waals surface area contributed by atoms with E-state index in [4.69, 9.17) is 0 Å². The molecule has 0 aliphatic heterocycles. The van der Waals surface area contributed by atoms with Crippen LogP contribution in [0.25, 0.3) is 6.08 Å². The van der Waals surface area contributed by atoms with Crippen LogP contribution < -0.4 is 0 Å². The molecule has 0 heteroatoms. The first-order valence-electron chi connectivity index (χ1n) is 10.1. The fourth-order valence-electron chi connectivity index (χ4n) is 3.17. The lowest BCUT2D eigenvalue weighted by Crippen LogP contribution is -1.87. The average molecular weight is 315 g/mol. The van der Waals surface area contributed by atoms with E-state index in [1.807, 2.05) is 6.08 Å². The lowest BCUT2D eigenvalue weighted by Gasteiger charge is -2.04. The van der Waals surface area contributed by atoms with Crippen LogP contribution in [0.4, 0.5) is 0 Å². The predicted molar refractivity (Wildman–Crippen MR) is 106 cm³/mol. The first-order chi connectivity index (χ1) is 11.4. The third kappa shape index (κ3) is 11.2. The summed E-state index contributed by atoms with van der Waals surface area (Å²) in [6, 6.07) is 8.84. The van der Waals surface area contributed by atoms with Crippen LogP contribution in [0, 0.1) is 0 Å². The summed E-state index contributed by atoms with van der Waals surface area (Å²) in [5, 5.41) is 0. The second kappa shape index (κ2) is 14.5. The van der Waals surface area contributed by atoms with Crippen molar-refractivity contribution in [3.8, 4) is 0 Å². The summed E-state index contributed by atoms with van der Waals surface area (Å²) in [6.07, 6.45) is 21.7. The number of benzene rings is 1. The van der Waals surface area contributed by atoms with Crippen molar-refractivity contribution < 1.29 is 0 Å². The summed E-state index contributed by atoms with van der Waals surface area (Å²) >= 11 is 0. The molecule has 0 spiro atoms. The molecule has 0 aliphatic rings. The Balaban J connectivity index is 1.83. The number of unbranched alkanes of at least 4 members (excludes halogenated alkanes) is 12. The second-order valence-electron chi connectivity index (χ2n) is 6.94. The van der Waals surface area contributed by atoms with E-state index in [0.29, 0.717) is 0 Å². The minimum absolute atomic E-state index is 1.22. The van der Waals surface area contributed by atoms with Crippen molar-refractivity contribution in [2.45, 2.75) is 96.8 Å². The van der Waals surface area contributed by atoms with Gasteiger partial charge in [-0.05, 0) is 24.0 Å². The molecule has 130 valence electrons. The molecule has 0 saturated carbocycles. The smallest absolute Gasteiger partial charge is 0.0262 e. The molecule has 0 unspecified atom stereocenters. The molecule has 1 rings (SSSR count). The van der Waals surface area contributed by atoms with E-state index in [-0.39, 0.29) is 0 Å². The van der Waals surface area contributed by atoms with Gasteiger partial charge < -0.3 is 0 Å². The van der Waals surface area contributed by atoms with Crippen molar-refractivity contribution in [3.63, 3.8) is 0 Å². The van der Waals surface area contributed by atoms with Crippen LogP contribution in [0.3, 0.4) is 0 Å². The molecule has 1 aromatic rings. The zero-order valence-electron chi connectivity index (χ0n) is 15.5. The van der Waals surface area contributed by atoms with Crippen molar-refractivity contribution in [3.05, 3.63) is 42.0 Å². The van der Waals surface area contributed by atoms with Crippen LogP contribution in [0.2, 0.25) is 0 Å². The van der Waals surface area contributed by atoms with Gasteiger partial charge in [-0.1, -0.05) is 121 Å². The number of hydrogen-bond donors (Lipinski definition) is 0. The summed E-state index contributed by atoms with van der Waals surface area (Å²) in [6.45, 7) is 6.09. The van der Waals surface area contributed by atoms with Gasteiger partial charge in [-0.3, -0.25) is 0 Å². The second-order valence-corrected chi connectivity index (χ2v) is 6.94. The molecule has 0 N–H and O–H groups in total. The van der Waals surface area contributed by atoms with Gasteiger partial charge in [0.2, 0.25) is 0 Å². The molecule has 23 heavy (non-hydrogen) atoms. The van der Waals surface area contributed by atoms with Crippen molar-refractivity contribution in [1.82, 2.24) is 0 Å². The van der Waals surface area contributed by atoms with Gasteiger partial charge in [0, 0.05) is 0 Å². The van der Waals surface area contributed by atoms with Gasteiger partial charge in [0.25, 0.3) is 0 Å². The zero-order chi connectivity index (χ0) is 16.6. The highest BCUT2D eigenvalue weighted by atomic mass is 14.0. The van der Waals surface area contributed by atoms with Gasteiger partial charge >= 0.3 is 0 Å². The summed E-state index contributed by atoms with van der Waals surface area (Å²) in [7, 11) is 0. The molecule has 1 aromatic carbocycles.